The van der Waals surface area contributed by atoms with Crippen LogP contribution in [0.5, 0.6) is 0 Å². The van der Waals surface area contributed by atoms with E-state index in [-0.39, 0.29) is 6.04 Å². The Morgan fingerprint density at radius 2 is 1.93 bits per heavy atom. The molecule has 0 aromatic heterocycles. The third-order valence-corrected chi connectivity index (χ3v) is 6.22. The van der Waals surface area contributed by atoms with Crippen molar-refractivity contribution < 1.29 is 9.53 Å². The van der Waals surface area contributed by atoms with Gasteiger partial charge in [-0.2, -0.15) is 0 Å². The molecule has 0 saturated carbocycles. The van der Waals surface area contributed by atoms with Crippen molar-refractivity contribution in [3.05, 3.63) is 34.9 Å². The molecule has 29 heavy (non-hydrogen) atoms. The van der Waals surface area contributed by atoms with Crippen LogP contribution in [0.3, 0.4) is 0 Å². The number of amidine groups is 2. The number of piperidine rings is 1. The van der Waals surface area contributed by atoms with E-state index in [0.717, 1.165) is 43.2 Å². The van der Waals surface area contributed by atoms with Crippen molar-refractivity contribution in [3.8, 4) is 0 Å². The zero-order chi connectivity index (χ0) is 20.4. The largest absolute Gasteiger partial charge is 0.385 e. The maximum absolute atomic E-state index is 11.7. The first kappa shape index (κ1) is 20.1. The predicted molar refractivity (Wildman–Crippen MR) is 113 cm³/mol. The average molecular weight is 419 g/mol. The highest BCUT2D eigenvalue weighted by Crippen LogP contribution is 2.26. The topological polar surface area (TPSA) is 110 Å². The van der Waals surface area contributed by atoms with Crippen LogP contribution in [0.4, 0.5) is 0 Å². The summed E-state index contributed by atoms with van der Waals surface area (Å²) in [7, 11) is 0. The third kappa shape index (κ3) is 4.71. The lowest BCUT2D eigenvalue weighted by Crippen LogP contribution is -2.59. The maximum atomic E-state index is 11.7. The molecule has 4 rings (SSSR count). The predicted octanol–water partition coefficient (Wildman–Crippen LogP) is 0.976. The maximum Gasteiger partial charge on any atom is 0.247 e. The number of benzene rings is 1. The van der Waals surface area contributed by atoms with E-state index in [9.17, 15) is 4.79 Å². The summed E-state index contributed by atoms with van der Waals surface area (Å²) in [6.07, 6.45) is 2.90. The van der Waals surface area contributed by atoms with Crippen molar-refractivity contribution in [2.45, 2.75) is 43.9 Å². The van der Waals surface area contributed by atoms with E-state index in [1.807, 2.05) is 24.3 Å². The summed E-state index contributed by atoms with van der Waals surface area (Å²) < 4.78 is 5.78. The standard InChI is InChI=1S/C20H27ClN6O2/c21-14-3-1-13(2-4-14)9-16-12-29-17(20(23)28)11-27(16)15-5-7-26(8-6-15)19-10-18(22)24-25-19/h1-4,15-17H,5-12H2,(H2,22,24)(H2,23,28)/t16?,17-/m1/s1. The van der Waals surface area contributed by atoms with Crippen LogP contribution in [0.25, 0.3) is 0 Å². The Morgan fingerprint density at radius 3 is 2.55 bits per heavy atom. The molecule has 1 amide bonds. The quantitative estimate of drug-likeness (QED) is 0.757. The number of likely N-dealkylation sites (tertiary alicyclic amines) is 1. The zero-order valence-corrected chi connectivity index (χ0v) is 17.1. The van der Waals surface area contributed by atoms with Gasteiger partial charge in [-0.05, 0) is 37.0 Å². The molecule has 0 bridgehead atoms. The van der Waals surface area contributed by atoms with Gasteiger partial charge in [0, 0.05) is 36.7 Å². The second-order valence-electron chi connectivity index (χ2n) is 7.91. The number of rotatable bonds is 4. The Hall–Kier alpha value is -2.16. The summed E-state index contributed by atoms with van der Waals surface area (Å²) in [5.74, 6) is 1.13. The van der Waals surface area contributed by atoms with Crippen molar-refractivity contribution in [2.24, 2.45) is 21.7 Å². The first-order valence-corrected chi connectivity index (χ1v) is 10.4. The number of hydrogen-bond acceptors (Lipinski definition) is 7. The fourth-order valence-corrected chi connectivity index (χ4v) is 4.52. The van der Waals surface area contributed by atoms with E-state index in [4.69, 9.17) is 27.8 Å². The molecule has 2 saturated heterocycles. The van der Waals surface area contributed by atoms with Gasteiger partial charge in [0.2, 0.25) is 5.91 Å². The number of carbonyl (C=O) groups is 1. The molecule has 2 atom stereocenters. The van der Waals surface area contributed by atoms with E-state index < -0.39 is 12.0 Å². The van der Waals surface area contributed by atoms with E-state index in [0.29, 0.717) is 31.4 Å². The Kier molecular flexibility index (Phi) is 6.03. The highest BCUT2D eigenvalue weighted by Gasteiger charge is 2.37. The van der Waals surface area contributed by atoms with Crippen molar-refractivity contribution in [1.82, 2.24) is 9.80 Å². The summed E-state index contributed by atoms with van der Waals surface area (Å²) in [6, 6.07) is 8.48. The first-order chi connectivity index (χ1) is 14.0. The van der Waals surface area contributed by atoms with Crippen LogP contribution in [0, 0.1) is 0 Å². The van der Waals surface area contributed by atoms with E-state index in [2.05, 4.69) is 20.0 Å². The van der Waals surface area contributed by atoms with Gasteiger partial charge in [0.25, 0.3) is 0 Å². The van der Waals surface area contributed by atoms with Crippen LogP contribution in [-0.4, -0.2) is 71.8 Å². The van der Waals surface area contributed by atoms with Gasteiger partial charge in [0.15, 0.2) is 0 Å². The van der Waals surface area contributed by atoms with Crippen LogP contribution in [0.15, 0.2) is 34.5 Å². The van der Waals surface area contributed by atoms with Crippen LogP contribution >= 0.6 is 11.6 Å². The second kappa shape index (κ2) is 8.69. The van der Waals surface area contributed by atoms with Crippen LogP contribution in [-0.2, 0) is 16.0 Å². The van der Waals surface area contributed by atoms with Gasteiger partial charge >= 0.3 is 0 Å². The minimum atomic E-state index is -0.554. The Balaban J connectivity index is 1.42. The molecule has 9 heteroatoms. The molecule has 3 aliphatic rings. The lowest BCUT2D eigenvalue weighted by Gasteiger charge is -2.46. The number of carbonyl (C=O) groups excluding carboxylic acids is 1. The summed E-state index contributed by atoms with van der Waals surface area (Å²) in [5, 5.41) is 8.87. The number of halogens is 1. The van der Waals surface area contributed by atoms with Gasteiger partial charge in [0.1, 0.15) is 17.8 Å². The molecule has 0 radical (unpaired) electrons. The molecule has 8 nitrogen and oxygen atoms in total. The van der Waals surface area contributed by atoms with E-state index in [1.54, 1.807) is 0 Å². The minimum Gasteiger partial charge on any atom is -0.385 e. The molecule has 1 aromatic rings. The second-order valence-corrected chi connectivity index (χ2v) is 8.34. The van der Waals surface area contributed by atoms with E-state index >= 15 is 0 Å². The Labute approximate surface area is 175 Å². The smallest absolute Gasteiger partial charge is 0.247 e. The fraction of sp³-hybridized carbons (Fsp3) is 0.550. The van der Waals surface area contributed by atoms with Gasteiger partial charge < -0.3 is 21.1 Å². The number of primary amides is 1. The highest BCUT2D eigenvalue weighted by molar-refractivity contribution is 6.30. The van der Waals surface area contributed by atoms with Crippen LogP contribution in [0.1, 0.15) is 24.8 Å². The molecule has 3 aliphatic heterocycles. The van der Waals surface area contributed by atoms with Crippen LogP contribution in [0.2, 0.25) is 5.02 Å². The SMILES string of the molecule is NC(=O)[C@H]1CN(C2CCN(C3=NN=C(N)C3)CC2)C(Cc2ccc(Cl)cc2)CO1. The molecule has 156 valence electrons. The molecule has 4 N–H and O–H groups in total. The summed E-state index contributed by atoms with van der Waals surface area (Å²) >= 11 is 6.02. The van der Waals surface area contributed by atoms with Gasteiger partial charge in [0.05, 0.1) is 13.0 Å². The van der Waals surface area contributed by atoms with E-state index in [1.165, 1.54) is 5.56 Å². The number of ether oxygens (including phenoxy) is 1. The van der Waals surface area contributed by atoms with Gasteiger partial charge in [-0.25, -0.2) is 0 Å². The lowest BCUT2D eigenvalue weighted by atomic mass is 9.96. The van der Waals surface area contributed by atoms with Crippen molar-refractivity contribution in [2.75, 3.05) is 26.2 Å². The molecule has 0 spiro atoms. The molecule has 1 unspecified atom stereocenters. The monoisotopic (exact) mass is 418 g/mol. The normalized spacial score (nSPS) is 26.3. The molecular weight excluding hydrogens is 392 g/mol. The van der Waals surface area contributed by atoms with Gasteiger partial charge in [-0.1, -0.05) is 23.7 Å². The zero-order valence-electron chi connectivity index (χ0n) is 16.3. The molecular formula is C20H27ClN6O2. The minimum absolute atomic E-state index is 0.200. The summed E-state index contributed by atoms with van der Waals surface area (Å²) in [4.78, 5) is 16.4. The average Bonchev–Trinajstić information content (AvgIpc) is 3.16. The fourth-order valence-electron chi connectivity index (χ4n) is 4.39. The molecule has 1 aromatic carbocycles. The number of hydrogen-bond donors (Lipinski definition) is 2. The van der Waals surface area contributed by atoms with Crippen molar-refractivity contribution >= 4 is 29.2 Å². The number of nitrogens with two attached hydrogens (primary N) is 2. The highest BCUT2D eigenvalue weighted by atomic mass is 35.5. The Bertz CT molecular complexity index is 804. The number of nitrogens with zero attached hydrogens (tertiary/aromatic N) is 4. The van der Waals surface area contributed by atoms with Gasteiger partial charge in [-0.3, -0.25) is 9.69 Å². The summed E-state index contributed by atoms with van der Waals surface area (Å²) in [6.45, 7) is 2.83. The number of amides is 1. The lowest BCUT2D eigenvalue weighted by molar-refractivity contribution is -0.142. The number of morpholine rings is 1. The first-order valence-electron chi connectivity index (χ1n) is 10.0. The molecule has 2 fully saturated rings. The van der Waals surface area contributed by atoms with Crippen molar-refractivity contribution in [3.63, 3.8) is 0 Å². The van der Waals surface area contributed by atoms with Gasteiger partial charge in [-0.15, -0.1) is 10.2 Å². The molecule has 3 heterocycles. The Morgan fingerprint density at radius 1 is 1.21 bits per heavy atom. The third-order valence-electron chi connectivity index (χ3n) is 5.97. The summed E-state index contributed by atoms with van der Waals surface area (Å²) in [5.41, 5.74) is 12.5. The van der Waals surface area contributed by atoms with Crippen molar-refractivity contribution in [1.29, 1.82) is 0 Å². The van der Waals surface area contributed by atoms with Crippen LogP contribution < -0.4 is 11.5 Å². The molecule has 0 aliphatic carbocycles.